The van der Waals surface area contributed by atoms with E-state index in [0.717, 1.165) is 39.4 Å². The van der Waals surface area contributed by atoms with Gasteiger partial charge in [-0.15, -0.1) is 0 Å². The second-order valence-corrected chi connectivity index (χ2v) is 4.58. The number of carbonyl (C=O) groups is 1. The minimum Gasteiger partial charge on any atom is -0.477 e. The van der Waals surface area contributed by atoms with Crippen LogP contribution in [0.25, 0.3) is 5.65 Å². The molecule has 0 aliphatic carbocycles. The molecule has 1 N–H and O–H groups in total. The van der Waals surface area contributed by atoms with Crippen LogP contribution in [0.3, 0.4) is 0 Å². The zero-order chi connectivity index (χ0) is 13.2. The van der Waals surface area contributed by atoms with Gasteiger partial charge in [0.15, 0.2) is 5.65 Å². The van der Waals surface area contributed by atoms with Gasteiger partial charge >= 0.3 is 5.97 Å². The predicted octanol–water partition coefficient (Wildman–Crippen LogP) is 0.166. The molecule has 0 aromatic carbocycles. The van der Waals surface area contributed by atoms with Gasteiger partial charge in [-0.3, -0.25) is 4.90 Å². The summed E-state index contributed by atoms with van der Waals surface area (Å²) in [6.45, 7) is 5.05. The topological polar surface area (TPSA) is 72.0 Å². The first-order chi connectivity index (χ1) is 9.25. The molecule has 1 aliphatic rings. The number of carboxylic acid groups (broad SMARTS) is 1. The average molecular weight is 264 g/mol. The van der Waals surface area contributed by atoms with Gasteiger partial charge in [-0.2, -0.15) is 5.10 Å². The first kappa shape index (κ1) is 12.2. The van der Waals surface area contributed by atoms with Gasteiger partial charge in [-0.1, -0.05) is 0 Å². The van der Waals surface area contributed by atoms with E-state index >= 15 is 0 Å². The van der Waals surface area contributed by atoms with Crippen molar-refractivity contribution in [2.75, 3.05) is 32.8 Å². The van der Waals surface area contributed by atoms with Crippen molar-refractivity contribution in [1.29, 1.82) is 0 Å². The van der Waals surface area contributed by atoms with E-state index in [1.807, 2.05) is 10.8 Å². The van der Waals surface area contributed by atoms with E-state index in [1.165, 1.54) is 6.20 Å². The number of morpholine rings is 1. The van der Waals surface area contributed by atoms with Crippen LogP contribution >= 0.6 is 0 Å². The maximum atomic E-state index is 11.1. The molecule has 0 amide bonds. The molecule has 2 aromatic heterocycles. The lowest BCUT2D eigenvalue weighted by molar-refractivity contribution is 0.0365. The number of nitrogens with zero attached hydrogens (tertiary/aromatic N) is 4. The molecule has 102 valence electrons. The number of aromatic nitrogens is 3. The number of fused-ring (bicyclic) bond motifs is 1. The van der Waals surface area contributed by atoms with Crippen molar-refractivity contribution >= 4 is 11.6 Å². The molecule has 0 radical (unpaired) electrons. The number of hydrogen-bond acceptors (Lipinski definition) is 4. The summed E-state index contributed by atoms with van der Waals surface area (Å²) in [4.78, 5) is 13.5. The van der Waals surface area contributed by atoms with Gasteiger partial charge in [0.1, 0.15) is 5.56 Å². The standard InChI is InChI=1S/C12H16N4O3/c17-12(18)10-9-13-16-4-3-15(11(10)16)2-1-14-5-7-19-8-6-14/h3-4,9H,1-2,5-8H2,(H,17,18). The van der Waals surface area contributed by atoms with Crippen molar-refractivity contribution in [3.63, 3.8) is 0 Å². The summed E-state index contributed by atoms with van der Waals surface area (Å²) in [6.07, 6.45) is 5.04. The van der Waals surface area contributed by atoms with E-state index in [2.05, 4.69) is 10.00 Å². The van der Waals surface area contributed by atoms with Gasteiger partial charge in [0.05, 0.1) is 19.4 Å². The van der Waals surface area contributed by atoms with Crippen molar-refractivity contribution in [1.82, 2.24) is 19.1 Å². The third-order valence-electron chi connectivity index (χ3n) is 3.42. The second kappa shape index (κ2) is 5.02. The fourth-order valence-electron chi connectivity index (χ4n) is 2.37. The Morgan fingerprint density at radius 3 is 2.84 bits per heavy atom. The second-order valence-electron chi connectivity index (χ2n) is 4.58. The normalized spacial score (nSPS) is 17.1. The van der Waals surface area contributed by atoms with Gasteiger partial charge < -0.3 is 14.4 Å². The van der Waals surface area contributed by atoms with Crippen LogP contribution in [0.1, 0.15) is 10.4 Å². The number of ether oxygens (including phenoxy) is 1. The molecule has 0 atom stereocenters. The van der Waals surface area contributed by atoms with Crippen molar-refractivity contribution in [3.8, 4) is 0 Å². The van der Waals surface area contributed by atoms with E-state index in [4.69, 9.17) is 9.84 Å². The summed E-state index contributed by atoms with van der Waals surface area (Å²) in [5, 5.41) is 13.2. The van der Waals surface area contributed by atoms with Gasteiger partial charge in [-0.05, 0) is 0 Å². The summed E-state index contributed by atoms with van der Waals surface area (Å²) in [5.41, 5.74) is 0.882. The van der Waals surface area contributed by atoms with Crippen molar-refractivity contribution in [3.05, 3.63) is 24.2 Å². The lowest BCUT2D eigenvalue weighted by atomic mass is 10.3. The molecule has 3 heterocycles. The first-order valence-electron chi connectivity index (χ1n) is 6.31. The summed E-state index contributed by atoms with van der Waals surface area (Å²) in [5.74, 6) is -0.943. The average Bonchev–Trinajstić information content (AvgIpc) is 2.99. The van der Waals surface area contributed by atoms with Crippen LogP contribution in [0, 0.1) is 0 Å². The molecule has 7 heteroatoms. The summed E-state index contributed by atoms with van der Waals surface area (Å²) >= 11 is 0. The zero-order valence-corrected chi connectivity index (χ0v) is 10.5. The number of hydrogen-bond donors (Lipinski definition) is 1. The Labute approximate surface area is 110 Å². The van der Waals surface area contributed by atoms with Crippen LogP contribution in [0.4, 0.5) is 0 Å². The van der Waals surface area contributed by atoms with Crippen LogP contribution in [-0.2, 0) is 11.3 Å². The molecule has 1 saturated heterocycles. The molecular weight excluding hydrogens is 248 g/mol. The molecule has 2 aromatic rings. The van der Waals surface area contributed by atoms with E-state index in [-0.39, 0.29) is 5.56 Å². The van der Waals surface area contributed by atoms with Gasteiger partial charge in [0, 0.05) is 38.6 Å². The molecule has 0 saturated carbocycles. The fourth-order valence-corrected chi connectivity index (χ4v) is 2.37. The summed E-state index contributed by atoms with van der Waals surface area (Å²) in [6, 6.07) is 0. The molecule has 1 aliphatic heterocycles. The van der Waals surface area contributed by atoms with E-state index in [0.29, 0.717) is 5.65 Å². The number of rotatable bonds is 4. The van der Waals surface area contributed by atoms with Crippen LogP contribution in [0.2, 0.25) is 0 Å². The molecule has 0 bridgehead atoms. The number of carboxylic acids is 1. The summed E-state index contributed by atoms with van der Waals surface area (Å²) < 4.78 is 8.84. The molecule has 0 spiro atoms. The maximum absolute atomic E-state index is 11.1. The first-order valence-corrected chi connectivity index (χ1v) is 6.31. The minimum absolute atomic E-state index is 0.243. The van der Waals surface area contributed by atoms with E-state index < -0.39 is 5.97 Å². The zero-order valence-electron chi connectivity index (χ0n) is 10.5. The largest absolute Gasteiger partial charge is 0.477 e. The molecule has 0 unspecified atom stereocenters. The highest BCUT2D eigenvalue weighted by Gasteiger charge is 2.16. The van der Waals surface area contributed by atoms with Crippen molar-refractivity contribution in [2.45, 2.75) is 6.54 Å². The highest BCUT2D eigenvalue weighted by molar-refractivity contribution is 5.94. The van der Waals surface area contributed by atoms with Gasteiger partial charge in [0.25, 0.3) is 0 Å². The van der Waals surface area contributed by atoms with Crippen LogP contribution in [0.15, 0.2) is 18.6 Å². The monoisotopic (exact) mass is 264 g/mol. The fraction of sp³-hybridized carbons (Fsp3) is 0.500. The number of aromatic carboxylic acids is 1. The lowest BCUT2D eigenvalue weighted by Gasteiger charge is -2.26. The molecule has 19 heavy (non-hydrogen) atoms. The number of imidazole rings is 1. The van der Waals surface area contributed by atoms with Gasteiger partial charge in [0.2, 0.25) is 0 Å². The minimum atomic E-state index is -0.943. The third-order valence-corrected chi connectivity index (χ3v) is 3.42. The molecule has 1 fully saturated rings. The molecule has 7 nitrogen and oxygen atoms in total. The Balaban J connectivity index is 1.76. The highest BCUT2D eigenvalue weighted by Crippen LogP contribution is 2.12. The van der Waals surface area contributed by atoms with E-state index in [1.54, 1.807) is 10.7 Å². The Morgan fingerprint density at radius 2 is 2.11 bits per heavy atom. The molecule has 3 rings (SSSR count). The predicted molar refractivity (Wildman–Crippen MR) is 67.4 cm³/mol. The van der Waals surface area contributed by atoms with Crippen LogP contribution < -0.4 is 0 Å². The van der Waals surface area contributed by atoms with E-state index in [9.17, 15) is 4.79 Å². The Morgan fingerprint density at radius 1 is 1.32 bits per heavy atom. The quantitative estimate of drug-likeness (QED) is 0.852. The highest BCUT2D eigenvalue weighted by atomic mass is 16.5. The lowest BCUT2D eigenvalue weighted by Crippen LogP contribution is -2.38. The summed E-state index contributed by atoms with van der Waals surface area (Å²) in [7, 11) is 0. The van der Waals surface area contributed by atoms with Crippen LogP contribution in [0.5, 0.6) is 0 Å². The Bertz CT molecular complexity index is 583. The maximum Gasteiger partial charge on any atom is 0.341 e. The Kier molecular flexibility index (Phi) is 3.22. The van der Waals surface area contributed by atoms with Crippen molar-refractivity contribution < 1.29 is 14.6 Å². The van der Waals surface area contributed by atoms with Gasteiger partial charge in [-0.25, -0.2) is 9.31 Å². The van der Waals surface area contributed by atoms with Crippen molar-refractivity contribution in [2.24, 2.45) is 0 Å². The SMILES string of the molecule is O=C(O)c1cnn2ccn(CCN3CCOCC3)c12. The smallest absolute Gasteiger partial charge is 0.341 e. The third kappa shape index (κ3) is 2.34. The van der Waals surface area contributed by atoms with Crippen LogP contribution in [-0.4, -0.2) is 63.0 Å². The Hall–Kier alpha value is -1.86. The molecular formula is C12H16N4O3.